The van der Waals surface area contributed by atoms with Crippen LogP contribution in [0.15, 0.2) is 11.4 Å². The number of rotatable bonds is 4. The number of amides is 1. The molecule has 6 heteroatoms. The summed E-state index contributed by atoms with van der Waals surface area (Å²) in [7, 11) is 0. The van der Waals surface area contributed by atoms with Crippen LogP contribution in [0.3, 0.4) is 0 Å². The van der Waals surface area contributed by atoms with E-state index in [1.54, 1.807) is 11.3 Å². The van der Waals surface area contributed by atoms with Crippen LogP contribution in [0.25, 0.3) is 0 Å². The Balaban J connectivity index is 1.97. The lowest BCUT2D eigenvalue weighted by molar-refractivity contribution is -0.146. The molecular formula is C12H15NO4S. The number of aryl methyl sites for hydroxylation is 1. The van der Waals surface area contributed by atoms with Gasteiger partial charge in [0.2, 0.25) is 5.91 Å². The molecule has 18 heavy (non-hydrogen) atoms. The van der Waals surface area contributed by atoms with E-state index < -0.39 is 12.1 Å². The van der Waals surface area contributed by atoms with Gasteiger partial charge in [-0.1, -0.05) is 0 Å². The fourth-order valence-corrected chi connectivity index (χ4v) is 3.15. The second kappa shape index (κ2) is 5.49. The van der Waals surface area contributed by atoms with Crippen LogP contribution in [0.4, 0.5) is 0 Å². The molecule has 0 saturated carbocycles. The smallest absolute Gasteiger partial charge is 0.334 e. The highest BCUT2D eigenvalue weighted by atomic mass is 32.1. The topological polar surface area (TPSA) is 86.6 Å². The van der Waals surface area contributed by atoms with E-state index in [-0.39, 0.29) is 18.4 Å². The Kier molecular flexibility index (Phi) is 3.98. The summed E-state index contributed by atoms with van der Waals surface area (Å²) < 4.78 is 0. The molecule has 1 aliphatic rings. The number of carbonyl (C=O) groups excluding carboxylic acids is 1. The van der Waals surface area contributed by atoms with Crippen molar-refractivity contribution in [3.05, 3.63) is 21.9 Å². The predicted molar refractivity (Wildman–Crippen MR) is 66.7 cm³/mol. The van der Waals surface area contributed by atoms with Crippen LogP contribution < -0.4 is 5.32 Å². The molecule has 2 rings (SSSR count). The number of carboxylic acids is 1. The number of carboxylic acid groups (broad SMARTS) is 1. The maximum absolute atomic E-state index is 12.0. The number of hydrogen-bond donors (Lipinski definition) is 3. The first-order valence-electron chi connectivity index (χ1n) is 5.84. The number of carbonyl (C=O) groups is 2. The molecule has 1 aromatic rings. The molecule has 98 valence electrons. The van der Waals surface area contributed by atoms with Gasteiger partial charge in [0.25, 0.3) is 0 Å². The van der Waals surface area contributed by atoms with Crippen molar-refractivity contribution in [2.75, 3.05) is 6.54 Å². The Morgan fingerprint density at radius 2 is 2.33 bits per heavy atom. The number of fused-ring (bicyclic) bond motifs is 1. The Morgan fingerprint density at radius 1 is 1.56 bits per heavy atom. The molecule has 1 heterocycles. The number of aliphatic carboxylic acids is 1. The molecule has 0 aliphatic heterocycles. The number of hydrogen-bond acceptors (Lipinski definition) is 4. The molecule has 3 N–H and O–H groups in total. The molecule has 0 bridgehead atoms. The van der Waals surface area contributed by atoms with E-state index in [4.69, 9.17) is 10.2 Å². The summed E-state index contributed by atoms with van der Waals surface area (Å²) in [5.41, 5.74) is 1.05. The van der Waals surface area contributed by atoms with Gasteiger partial charge in [-0.3, -0.25) is 4.79 Å². The molecule has 0 fully saturated rings. The van der Waals surface area contributed by atoms with Crippen LogP contribution >= 0.6 is 11.3 Å². The van der Waals surface area contributed by atoms with Gasteiger partial charge in [-0.15, -0.1) is 11.3 Å². The fourth-order valence-electron chi connectivity index (χ4n) is 2.17. The van der Waals surface area contributed by atoms with E-state index in [1.165, 1.54) is 4.88 Å². The normalized spacial score (nSPS) is 19.9. The van der Waals surface area contributed by atoms with Gasteiger partial charge in [-0.05, 0) is 36.3 Å². The van der Waals surface area contributed by atoms with Crippen molar-refractivity contribution in [3.63, 3.8) is 0 Å². The van der Waals surface area contributed by atoms with Crippen LogP contribution in [-0.4, -0.2) is 34.7 Å². The molecule has 0 spiro atoms. The lowest BCUT2D eigenvalue weighted by Gasteiger charge is -2.22. The number of aliphatic hydroxyl groups is 1. The van der Waals surface area contributed by atoms with E-state index in [9.17, 15) is 9.59 Å². The second-order valence-electron chi connectivity index (χ2n) is 4.34. The van der Waals surface area contributed by atoms with Crippen molar-refractivity contribution in [3.8, 4) is 0 Å². The highest BCUT2D eigenvalue weighted by Crippen LogP contribution is 2.34. The first-order valence-corrected chi connectivity index (χ1v) is 6.72. The summed E-state index contributed by atoms with van der Waals surface area (Å²) in [6.45, 7) is -0.246. The van der Waals surface area contributed by atoms with Crippen LogP contribution in [-0.2, 0) is 16.0 Å². The SMILES string of the molecule is O=C(O)C(O)CNC(=O)C1CCCc2sccc21. The van der Waals surface area contributed by atoms with Crippen molar-refractivity contribution in [1.82, 2.24) is 5.32 Å². The average Bonchev–Trinajstić information content (AvgIpc) is 2.83. The lowest BCUT2D eigenvalue weighted by atomic mass is 9.87. The maximum atomic E-state index is 12.0. The standard InChI is InChI=1S/C12H15NO4S/c14-9(12(16)17)6-13-11(15)8-2-1-3-10-7(8)4-5-18-10/h4-5,8-9,14H,1-3,6H2,(H,13,15)(H,16,17). The average molecular weight is 269 g/mol. The monoisotopic (exact) mass is 269 g/mol. The molecule has 1 aromatic heterocycles. The maximum Gasteiger partial charge on any atom is 0.334 e. The van der Waals surface area contributed by atoms with E-state index in [2.05, 4.69) is 5.32 Å². The largest absolute Gasteiger partial charge is 0.479 e. The summed E-state index contributed by atoms with van der Waals surface area (Å²) in [5, 5.41) is 22.1. The van der Waals surface area contributed by atoms with Crippen LogP contribution in [0.1, 0.15) is 29.2 Å². The summed E-state index contributed by atoms with van der Waals surface area (Å²) in [6.07, 6.45) is 1.21. The predicted octanol–water partition coefficient (Wildman–Crippen LogP) is 0.730. The van der Waals surface area contributed by atoms with Gasteiger partial charge in [0.15, 0.2) is 6.10 Å². The van der Waals surface area contributed by atoms with E-state index in [1.807, 2.05) is 11.4 Å². The quantitative estimate of drug-likeness (QED) is 0.752. The van der Waals surface area contributed by atoms with E-state index in [0.29, 0.717) is 0 Å². The van der Waals surface area contributed by atoms with Crippen molar-refractivity contribution in [2.45, 2.75) is 31.3 Å². The third-order valence-electron chi connectivity index (χ3n) is 3.12. The van der Waals surface area contributed by atoms with Gasteiger partial charge in [0, 0.05) is 4.88 Å². The Labute approximate surface area is 108 Å². The first-order chi connectivity index (χ1) is 8.59. The molecule has 0 saturated heterocycles. The Hall–Kier alpha value is -1.40. The minimum Gasteiger partial charge on any atom is -0.479 e. The fraction of sp³-hybridized carbons (Fsp3) is 0.500. The Bertz CT molecular complexity index is 457. The summed E-state index contributed by atoms with van der Waals surface area (Å²) in [6, 6.07) is 1.96. The minimum atomic E-state index is -1.54. The van der Waals surface area contributed by atoms with Crippen molar-refractivity contribution in [1.29, 1.82) is 0 Å². The molecule has 0 radical (unpaired) electrons. The van der Waals surface area contributed by atoms with Crippen molar-refractivity contribution in [2.24, 2.45) is 0 Å². The van der Waals surface area contributed by atoms with Crippen LogP contribution in [0.2, 0.25) is 0 Å². The second-order valence-corrected chi connectivity index (χ2v) is 5.34. The van der Waals surface area contributed by atoms with Gasteiger partial charge >= 0.3 is 5.97 Å². The summed E-state index contributed by atoms with van der Waals surface area (Å²) in [4.78, 5) is 23.7. The molecule has 2 atom stereocenters. The van der Waals surface area contributed by atoms with Crippen LogP contribution in [0, 0.1) is 0 Å². The van der Waals surface area contributed by atoms with Gasteiger partial charge in [-0.2, -0.15) is 0 Å². The first kappa shape index (κ1) is 13.0. The lowest BCUT2D eigenvalue weighted by Crippen LogP contribution is -2.39. The summed E-state index contributed by atoms with van der Waals surface area (Å²) in [5.74, 6) is -1.73. The molecule has 1 aliphatic carbocycles. The number of thiophene rings is 1. The van der Waals surface area contributed by atoms with E-state index >= 15 is 0 Å². The molecule has 5 nitrogen and oxygen atoms in total. The zero-order valence-corrected chi connectivity index (χ0v) is 10.6. The van der Waals surface area contributed by atoms with Gasteiger partial charge in [0.1, 0.15) is 0 Å². The Morgan fingerprint density at radius 3 is 3.06 bits per heavy atom. The zero-order chi connectivity index (χ0) is 13.1. The van der Waals surface area contributed by atoms with Crippen molar-refractivity contribution >= 4 is 23.2 Å². The third-order valence-corrected chi connectivity index (χ3v) is 4.12. The minimum absolute atomic E-state index is 0.199. The van der Waals surface area contributed by atoms with Crippen LogP contribution in [0.5, 0.6) is 0 Å². The van der Waals surface area contributed by atoms with Gasteiger partial charge in [-0.25, -0.2) is 4.79 Å². The number of nitrogens with one attached hydrogen (secondary N) is 1. The highest BCUT2D eigenvalue weighted by molar-refractivity contribution is 7.10. The molecular weight excluding hydrogens is 254 g/mol. The van der Waals surface area contributed by atoms with Gasteiger partial charge in [0.05, 0.1) is 12.5 Å². The highest BCUT2D eigenvalue weighted by Gasteiger charge is 2.27. The van der Waals surface area contributed by atoms with Gasteiger partial charge < -0.3 is 15.5 Å². The molecule has 1 amide bonds. The zero-order valence-electron chi connectivity index (χ0n) is 9.76. The van der Waals surface area contributed by atoms with Crippen molar-refractivity contribution < 1.29 is 19.8 Å². The van der Waals surface area contributed by atoms with E-state index in [0.717, 1.165) is 24.8 Å². The summed E-state index contributed by atoms with van der Waals surface area (Å²) >= 11 is 1.65. The number of aliphatic hydroxyl groups excluding tert-OH is 1. The molecule has 0 aromatic carbocycles. The molecule has 2 unspecified atom stereocenters. The third kappa shape index (κ3) is 2.70.